The quantitative estimate of drug-likeness (QED) is 0.383. The van der Waals surface area contributed by atoms with Gasteiger partial charge in [0.25, 0.3) is 6.08 Å². The maximum Gasteiger partial charge on any atom is 0.457 e. The summed E-state index contributed by atoms with van der Waals surface area (Å²) >= 11 is 0. The summed E-state index contributed by atoms with van der Waals surface area (Å²) in [6, 6.07) is 0. The Morgan fingerprint density at radius 2 is 1.04 bits per heavy atom. The third-order valence-electron chi connectivity index (χ3n) is 3.57. The van der Waals surface area contributed by atoms with Crippen molar-refractivity contribution in [1.82, 2.24) is 0 Å². The number of hydrogen-bond acceptors (Lipinski definition) is 0. The molecule has 1 atom stereocenters. The van der Waals surface area contributed by atoms with Crippen molar-refractivity contribution in [2.24, 2.45) is 5.41 Å². The summed E-state index contributed by atoms with van der Waals surface area (Å²) in [5.41, 5.74) is -11.2. The van der Waals surface area contributed by atoms with Crippen LogP contribution in [0.25, 0.3) is 0 Å². The zero-order chi connectivity index (χ0) is 22.3. The third-order valence-corrected chi connectivity index (χ3v) is 3.57. The molecule has 0 radical (unpaired) electrons. The average molecular weight is 438 g/mol. The van der Waals surface area contributed by atoms with E-state index in [9.17, 15) is 65.9 Å². The van der Waals surface area contributed by atoms with Gasteiger partial charge in [0.1, 0.15) is 0 Å². The summed E-state index contributed by atoms with van der Waals surface area (Å²) in [6.07, 6.45) is -31.5. The summed E-state index contributed by atoms with van der Waals surface area (Å²) in [6.45, 7) is 0.851. The van der Waals surface area contributed by atoms with Gasteiger partial charge >= 0.3 is 30.4 Å². The third kappa shape index (κ3) is 4.10. The highest BCUT2D eigenvalue weighted by Crippen LogP contribution is 2.66. The lowest BCUT2D eigenvalue weighted by molar-refractivity contribution is -0.386. The minimum Gasteiger partial charge on any atom is -0.195 e. The predicted octanol–water partition coefficient (Wildman–Crippen LogP) is 7.27. The van der Waals surface area contributed by atoms with Crippen LogP contribution < -0.4 is 0 Å². The smallest absolute Gasteiger partial charge is 0.195 e. The lowest BCUT2D eigenvalue weighted by atomic mass is 9.67. The molecule has 1 unspecified atom stereocenters. The van der Waals surface area contributed by atoms with Crippen LogP contribution in [-0.4, -0.2) is 30.4 Å². The minimum absolute atomic E-state index is 0.718. The van der Waals surface area contributed by atoms with Gasteiger partial charge < -0.3 is 0 Å². The second kappa shape index (κ2) is 7.26. The van der Waals surface area contributed by atoms with E-state index in [2.05, 4.69) is 0 Å². The summed E-state index contributed by atoms with van der Waals surface area (Å²) in [7, 11) is 0. The Hall–Kier alpha value is -1.31. The first-order valence-corrected chi connectivity index (χ1v) is 6.65. The standard InChI is InChI=1S/C12H9F15/c1-2-3-4-7(10(19,20)21,9(17,18)12(25,26)27)5(6(13)14)8(15,16)11(22,23)24/h2-4H2,1H3. The first kappa shape index (κ1) is 25.7. The van der Waals surface area contributed by atoms with Crippen LogP contribution in [0.15, 0.2) is 11.7 Å². The van der Waals surface area contributed by atoms with Gasteiger partial charge in [-0.05, 0) is 6.42 Å². The van der Waals surface area contributed by atoms with Crippen molar-refractivity contribution in [2.75, 3.05) is 0 Å². The molecule has 162 valence electrons. The molecular weight excluding hydrogens is 429 g/mol. The fourth-order valence-corrected chi connectivity index (χ4v) is 2.27. The minimum atomic E-state index is -7.43. The zero-order valence-corrected chi connectivity index (χ0v) is 12.8. The van der Waals surface area contributed by atoms with Gasteiger partial charge in [-0.1, -0.05) is 19.8 Å². The number of rotatable bonds is 6. The molecule has 0 rings (SSSR count). The molecule has 0 aliphatic carbocycles. The van der Waals surface area contributed by atoms with E-state index in [1.54, 1.807) is 0 Å². The molecule has 0 aliphatic heterocycles. The van der Waals surface area contributed by atoms with Crippen LogP contribution in [-0.2, 0) is 0 Å². The molecule has 0 fully saturated rings. The molecule has 0 N–H and O–H groups in total. The summed E-state index contributed by atoms with van der Waals surface area (Å²) in [4.78, 5) is 0. The molecule has 27 heavy (non-hydrogen) atoms. The number of allylic oxidation sites excluding steroid dienone is 1. The molecule has 0 aromatic rings. The van der Waals surface area contributed by atoms with Gasteiger partial charge in [0.2, 0.25) is 0 Å². The van der Waals surface area contributed by atoms with Gasteiger partial charge in [0.05, 0.1) is 5.57 Å². The summed E-state index contributed by atoms with van der Waals surface area (Å²) < 4.78 is 194. The Balaban J connectivity index is 7.45. The van der Waals surface area contributed by atoms with E-state index in [1.807, 2.05) is 0 Å². The van der Waals surface area contributed by atoms with Crippen molar-refractivity contribution >= 4 is 0 Å². The molecule has 15 heteroatoms. The fourth-order valence-electron chi connectivity index (χ4n) is 2.27. The second-order valence-electron chi connectivity index (χ2n) is 5.29. The fraction of sp³-hybridized carbons (Fsp3) is 0.833. The Labute approximate surface area is 141 Å². The Morgan fingerprint density at radius 3 is 1.26 bits per heavy atom. The molecule has 0 heterocycles. The molecule has 0 saturated heterocycles. The van der Waals surface area contributed by atoms with E-state index < -0.39 is 66.7 Å². The van der Waals surface area contributed by atoms with Crippen LogP contribution in [0.2, 0.25) is 0 Å². The van der Waals surface area contributed by atoms with Crippen molar-refractivity contribution in [2.45, 2.75) is 56.6 Å². The highest BCUT2D eigenvalue weighted by molar-refractivity contribution is 5.32. The van der Waals surface area contributed by atoms with E-state index in [0.717, 1.165) is 6.92 Å². The number of halogens is 15. The van der Waals surface area contributed by atoms with Gasteiger partial charge in [-0.2, -0.15) is 65.9 Å². The average Bonchev–Trinajstić information content (AvgIpc) is 2.38. The Kier molecular flexibility index (Phi) is 6.91. The van der Waals surface area contributed by atoms with Crippen LogP contribution in [0.1, 0.15) is 26.2 Å². The van der Waals surface area contributed by atoms with E-state index >= 15 is 0 Å². The molecule has 0 aliphatic rings. The van der Waals surface area contributed by atoms with Gasteiger partial charge in [-0.3, -0.25) is 0 Å². The molecule has 0 spiro atoms. The van der Waals surface area contributed by atoms with Crippen molar-refractivity contribution in [3.8, 4) is 0 Å². The van der Waals surface area contributed by atoms with E-state index in [4.69, 9.17) is 0 Å². The second-order valence-corrected chi connectivity index (χ2v) is 5.29. The maximum atomic E-state index is 13.7. The van der Waals surface area contributed by atoms with Crippen molar-refractivity contribution in [1.29, 1.82) is 0 Å². The van der Waals surface area contributed by atoms with Gasteiger partial charge in [0, 0.05) is 0 Å². The molecule has 0 saturated carbocycles. The predicted molar refractivity (Wildman–Crippen MR) is 59.3 cm³/mol. The van der Waals surface area contributed by atoms with Crippen molar-refractivity contribution in [3.63, 3.8) is 0 Å². The van der Waals surface area contributed by atoms with Gasteiger partial charge in [-0.25, -0.2) is 0 Å². The SMILES string of the molecule is CCCCC(C(=C(F)F)C(F)(F)C(F)(F)F)(C(F)(F)F)C(F)(F)C(F)(F)F. The number of hydrogen-bond donors (Lipinski definition) is 0. The number of unbranched alkanes of at least 4 members (excludes halogenated alkanes) is 1. The van der Waals surface area contributed by atoms with E-state index in [-0.39, 0.29) is 0 Å². The van der Waals surface area contributed by atoms with Gasteiger partial charge in [-0.15, -0.1) is 0 Å². The van der Waals surface area contributed by atoms with Crippen LogP contribution in [0.4, 0.5) is 65.9 Å². The van der Waals surface area contributed by atoms with Gasteiger partial charge in [0.15, 0.2) is 5.41 Å². The first-order chi connectivity index (χ1) is 11.6. The monoisotopic (exact) mass is 438 g/mol. The first-order valence-electron chi connectivity index (χ1n) is 6.65. The Bertz CT molecular complexity index is 543. The Morgan fingerprint density at radius 1 is 0.630 bits per heavy atom. The molecule has 0 aromatic heterocycles. The van der Waals surface area contributed by atoms with Crippen molar-refractivity contribution < 1.29 is 65.9 Å². The topological polar surface area (TPSA) is 0 Å². The number of alkyl halides is 13. The van der Waals surface area contributed by atoms with E-state index in [1.165, 1.54) is 0 Å². The summed E-state index contributed by atoms with van der Waals surface area (Å²) in [5, 5.41) is 0. The zero-order valence-electron chi connectivity index (χ0n) is 12.8. The highest BCUT2D eigenvalue weighted by Gasteiger charge is 2.85. The summed E-state index contributed by atoms with van der Waals surface area (Å²) in [5.74, 6) is -14.8. The van der Waals surface area contributed by atoms with Crippen LogP contribution in [0.3, 0.4) is 0 Å². The molecule has 0 bridgehead atoms. The molecule has 0 amide bonds. The van der Waals surface area contributed by atoms with E-state index in [0.29, 0.717) is 0 Å². The van der Waals surface area contributed by atoms with Crippen molar-refractivity contribution in [3.05, 3.63) is 11.7 Å². The lowest BCUT2D eigenvalue weighted by Gasteiger charge is -2.45. The lowest BCUT2D eigenvalue weighted by Crippen LogP contribution is -2.64. The normalized spacial score (nSPS) is 16.9. The van der Waals surface area contributed by atoms with Crippen LogP contribution in [0.5, 0.6) is 0 Å². The highest BCUT2D eigenvalue weighted by atomic mass is 19.4. The maximum absolute atomic E-state index is 13.7. The molecular formula is C12H9F15. The largest absolute Gasteiger partial charge is 0.457 e. The molecule has 0 nitrogen and oxygen atoms in total. The van der Waals surface area contributed by atoms with Crippen LogP contribution in [0, 0.1) is 5.41 Å². The van der Waals surface area contributed by atoms with Crippen LogP contribution >= 0.6 is 0 Å². The molecule has 0 aromatic carbocycles.